The number of thiocarbonyl (C=S) groups is 1. The van der Waals surface area contributed by atoms with E-state index in [1.54, 1.807) is 7.11 Å². The van der Waals surface area contributed by atoms with Gasteiger partial charge < -0.3 is 10.1 Å². The fourth-order valence-electron chi connectivity index (χ4n) is 1.50. The molecule has 92 valence electrons. The highest BCUT2D eigenvalue weighted by molar-refractivity contribution is 7.81. The summed E-state index contributed by atoms with van der Waals surface area (Å²) in [7, 11) is 1.63. The average Bonchev–Trinajstić information content (AvgIpc) is 2.41. The lowest BCUT2D eigenvalue weighted by Gasteiger charge is -2.10. The summed E-state index contributed by atoms with van der Waals surface area (Å²) >= 11 is 11.4. The smallest absolute Gasteiger partial charge is 0.118 e. The Morgan fingerprint density at radius 3 is 2.39 bits per heavy atom. The van der Waals surface area contributed by atoms with E-state index in [-0.39, 0.29) is 0 Å². The minimum Gasteiger partial charge on any atom is -0.497 e. The van der Waals surface area contributed by atoms with Crippen LogP contribution >= 0.6 is 23.8 Å². The van der Waals surface area contributed by atoms with Crippen molar-refractivity contribution >= 4 is 34.5 Å². The van der Waals surface area contributed by atoms with E-state index in [1.165, 1.54) is 0 Å². The minimum absolute atomic E-state index is 0.630. The first-order valence-corrected chi connectivity index (χ1v) is 6.19. The van der Waals surface area contributed by atoms with Crippen molar-refractivity contribution in [3.05, 3.63) is 59.1 Å². The normalized spacial score (nSPS) is 9.89. The number of nitrogens with one attached hydrogen (secondary N) is 1. The van der Waals surface area contributed by atoms with Crippen molar-refractivity contribution < 1.29 is 4.74 Å². The largest absolute Gasteiger partial charge is 0.497 e. The van der Waals surface area contributed by atoms with E-state index in [9.17, 15) is 0 Å². The van der Waals surface area contributed by atoms with Gasteiger partial charge in [0, 0.05) is 5.56 Å². The number of ether oxygens (including phenoxy) is 1. The highest BCUT2D eigenvalue weighted by Crippen LogP contribution is 2.22. The summed E-state index contributed by atoms with van der Waals surface area (Å²) in [6.07, 6.45) is 0. The molecule has 0 fully saturated rings. The molecule has 0 radical (unpaired) electrons. The molecule has 0 aliphatic rings. The van der Waals surface area contributed by atoms with E-state index in [4.69, 9.17) is 28.6 Å². The summed E-state index contributed by atoms with van der Waals surface area (Å²) in [5.74, 6) is 0.805. The monoisotopic (exact) mass is 277 g/mol. The van der Waals surface area contributed by atoms with Crippen LogP contribution in [0.1, 0.15) is 5.56 Å². The fraction of sp³-hybridized carbons (Fsp3) is 0.0714. The highest BCUT2D eigenvalue weighted by Gasteiger charge is 2.04. The lowest BCUT2D eigenvalue weighted by molar-refractivity contribution is 0.415. The molecule has 0 aliphatic heterocycles. The molecule has 0 saturated carbocycles. The zero-order chi connectivity index (χ0) is 13.0. The Labute approximate surface area is 117 Å². The van der Waals surface area contributed by atoms with Gasteiger partial charge in [0.15, 0.2) is 0 Å². The van der Waals surface area contributed by atoms with Gasteiger partial charge >= 0.3 is 0 Å². The third kappa shape index (κ3) is 3.00. The van der Waals surface area contributed by atoms with Gasteiger partial charge in [-0.05, 0) is 36.4 Å². The third-order valence-electron chi connectivity index (χ3n) is 2.47. The minimum atomic E-state index is 0.630. The standard InChI is InChI=1S/C14H12ClNOS/c1-17-11-8-6-10(7-9-11)14(18)16-13-5-3-2-4-12(13)15/h2-9H,1H3,(H,16,18). The molecule has 0 spiro atoms. The van der Waals surface area contributed by atoms with Crippen LogP contribution in [0.3, 0.4) is 0 Å². The summed E-state index contributed by atoms with van der Waals surface area (Å²) in [6, 6.07) is 15.1. The Morgan fingerprint density at radius 1 is 1.11 bits per heavy atom. The molecule has 0 atom stereocenters. The second-order valence-electron chi connectivity index (χ2n) is 3.66. The van der Waals surface area contributed by atoms with Gasteiger partial charge in [-0.2, -0.15) is 0 Å². The maximum absolute atomic E-state index is 6.06. The molecule has 0 unspecified atom stereocenters. The highest BCUT2D eigenvalue weighted by atomic mass is 35.5. The van der Waals surface area contributed by atoms with Crippen LogP contribution in [-0.2, 0) is 0 Å². The first kappa shape index (κ1) is 12.9. The van der Waals surface area contributed by atoms with Gasteiger partial charge in [-0.3, -0.25) is 0 Å². The molecule has 2 rings (SSSR count). The van der Waals surface area contributed by atoms with E-state index >= 15 is 0 Å². The van der Waals surface area contributed by atoms with Gasteiger partial charge in [0.05, 0.1) is 17.8 Å². The van der Waals surface area contributed by atoms with Crippen LogP contribution in [0.2, 0.25) is 5.02 Å². The molecule has 2 aromatic rings. The summed E-state index contributed by atoms with van der Waals surface area (Å²) < 4.78 is 5.10. The average molecular weight is 278 g/mol. The van der Waals surface area contributed by atoms with Crippen molar-refractivity contribution in [3.63, 3.8) is 0 Å². The molecular formula is C14H12ClNOS. The van der Waals surface area contributed by atoms with E-state index in [2.05, 4.69) is 5.32 Å². The van der Waals surface area contributed by atoms with E-state index in [1.807, 2.05) is 48.5 Å². The molecule has 0 heterocycles. The number of rotatable bonds is 3. The number of hydrogen-bond donors (Lipinski definition) is 1. The molecule has 1 N–H and O–H groups in total. The van der Waals surface area contributed by atoms with Crippen LogP contribution in [0.15, 0.2) is 48.5 Å². The van der Waals surface area contributed by atoms with Gasteiger partial charge in [-0.25, -0.2) is 0 Å². The molecule has 18 heavy (non-hydrogen) atoms. The molecule has 0 saturated heterocycles. The van der Waals surface area contributed by atoms with Crippen molar-refractivity contribution in [2.45, 2.75) is 0 Å². The summed E-state index contributed by atoms with van der Waals surface area (Å²) in [6.45, 7) is 0. The number of hydrogen-bond acceptors (Lipinski definition) is 2. The fourth-order valence-corrected chi connectivity index (χ4v) is 1.93. The number of anilines is 1. The Bertz CT molecular complexity index is 554. The molecule has 0 bridgehead atoms. The van der Waals surface area contributed by atoms with Crippen LogP contribution < -0.4 is 10.1 Å². The maximum Gasteiger partial charge on any atom is 0.118 e. The van der Waals surface area contributed by atoms with Gasteiger partial charge in [0.2, 0.25) is 0 Å². The molecule has 0 aromatic heterocycles. The Kier molecular flexibility index (Phi) is 4.18. The zero-order valence-electron chi connectivity index (χ0n) is 9.81. The molecule has 0 aliphatic carbocycles. The Hall–Kier alpha value is -1.58. The van der Waals surface area contributed by atoms with Gasteiger partial charge in [0.1, 0.15) is 10.7 Å². The van der Waals surface area contributed by atoms with Crippen LogP contribution in [0.25, 0.3) is 0 Å². The maximum atomic E-state index is 6.06. The zero-order valence-corrected chi connectivity index (χ0v) is 11.4. The van der Waals surface area contributed by atoms with E-state index in [0.717, 1.165) is 17.0 Å². The summed E-state index contributed by atoms with van der Waals surface area (Å²) in [5.41, 5.74) is 1.73. The van der Waals surface area contributed by atoms with E-state index < -0.39 is 0 Å². The first-order chi connectivity index (χ1) is 8.70. The van der Waals surface area contributed by atoms with Gasteiger partial charge in [-0.15, -0.1) is 0 Å². The van der Waals surface area contributed by atoms with E-state index in [0.29, 0.717) is 10.0 Å². The molecule has 4 heteroatoms. The first-order valence-electron chi connectivity index (χ1n) is 5.40. The number of benzene rings is 2. The van der Waals surface area contributed by atoms with Crippen LogP contribution in [0, 0.1) is 0 Å². The van der Waals surface area contributed by atoms with Gasteiger partial charge in [-0.1, -0.05) is 36.0 Å². The predicted octanol–water partition coefficient (Wildman–Crippen LogP) is 4.14. The Morgan fingerprint density at radius 2 is 1.78 bits per heavy atom. The van der Waals surface area contributed by atoms with Crippen molar-refractivity contribution in [3.8, 4) is 5.75 Å². The lowest BCUT2D eigenvalue weighted by Crippen LogP contribution is -2.10. The summed E-state index contributed by atoms with van der Waals surface area (Å²) in [5, 5.41) is 3.77. The SMILES string of the molecule is COc1ccc(C(=S)Nc2ccccc2Cl)cc1. The van der Waals surface area contributed by atoms with Crippen molar-refractivity contribution in [2.24, 2.45) is 0 Å². The molecule has 2 aromatic carbocycles. The quantitative estimate of drug-likeness (QED) is 0.852. The lowest BCUT2D eigenvalue weighted by atomic mass is 10.2. The number of methoxy groups -OCH3 is 1. The number of halogens is 1. The van der Waals surface area contributed by atoms with Crippen molar-refractivity contribution in [2.75, 3.05) is 12.4 Å². The van der Waals surface area contributed by atoms with Crippen molar-refractivity contribution in [1.82, 2.24) is 0 Å². The third-order valence-corrected chi connectivity index (χ3v) is 3.14. The topological polar surface area (TPSA) is 21.3 Å². The molecule has 0 amide bonds. The number of para-hydroxylation sites is 1. The second-order valence-corrected chi connectivity index (χ2v) is 4.48. The Balaban J connectivity index is 2.14. The van der Waals surface area contributed by atoms with Crippen LogP contribution in [-0.4, -0.2) is 12.1 Å². The van der Waals surface area contributed by atoms with Crippen LogP contribution in [0.5, 0.6) is 5.75 Å². The summed E-state index contributed by atoms with van der Waals surface area (Å²) in [4.78, 5) is 0.630. The molecule has 2 nitrogen and oxygen atoms in total. The van der Waals surface area contributed by atoms with Crippen molar-refractivity contribution in [1.29, 1.82) is 0 Å². The predicted molar refractivity (Wildman–Crippen MR) is 79.8 cm³/mol. The second kappa shape index (κ2) is 5.85. The molecular weight excluding hydrogens is 266 g/mol. The van der Waals surface area contributed by atoms with Crippen LogP contribution in [0.4, 0.5) is 5.69 Å². The van der Waals surface area contributed by atoms with Gasteiger partial charge in [0.25, 0.3) is 0 Å².